The van der Waals surface area contributed by atoms with E-state index in [-0.39, 0.29) is 24.0 Å². The number of hydrogen-bond donors (Lipinski definition) is 2. The largest absolute Gasteiger partial charge is 0.381 e. The van der Waals surface area contributed by atoms with Crippen LogP contribution in [0.15, 0.2) is 41.7 Å². The summed E-state index contributed by atoms with van der Waals surface area (Å²) in [5, 5.41) is 14.7. The van der Waals surface area contributed by atoms with Crippen LogP contribution < -0.4 is 10.6 Å². The number of aromatic nitrogens is 3. The van der Waals surface area contributed by atoms with Gasteiger partial charge in [0, 0.05) is 32.5 Å². The molecule has 1 aromatic carbocycles. The highest BCUT2D eigenvalue weighted by molar-refractivity contribution is 14.0. The lowest BCUT2D eigenvalue weighted by molar-refractivity contribution is 0.129. The van der Waals surface area contributed by atoms with Crippen LogP contribution in [0.4, 0.5) is 0 Å². The van der Waals surface area contributed by atoms with Crippen molar-refractivity contribution in [1.82, 2.24) is 25.4 Å². The molecule has 0 bridgehead atoms. The monoisotopic (exact) mass is 472 g/mol. The molecule has 0 aliphatic heterocycles. The van der Waals surface area contributed by atoms with Crippen LogP contribution >= 0.6 is 24.0 Å². The first-order chi connectivity index (χ1) is 12.3. The molecular weight excluding hydrogens is 443 g/mol. The normalized spacial score (nSPS) is 11.1. The third-order valence-electron chi connectivity index (χ3n) is 3.69. The van der Waals surface area contributed by atoms with Gasteiger partial charge < -0.3 is 15.4 Å². The first-order valence-electron chi connectivity index (χ1n) is 8.81. The predicted molar refractivity (Wildman–Crippen MR) is 115 cm³/mol. The van der Waals surface area contributed by atoms with Crippen molar-refractivity contribution in [2.45, 2.75) is 32.7 Å². The fourth-order valence-corrected chi connectivity index (χ4v) is 2.30. The summed E-state index contributed by atoms with van der Waals surface area (Å²) in [6.45, 7) is 5.14. The molecule has 1 aromatic heterocycles. The van der Waals surface area contributed by atoms with Crippen LogP contribution in [0.3, 0.4) is 0 Å². The van der Waals surface area contributed by atoms with E-state index in [0.717, 1.165) is 50.1 Å². The van der Waals surface area contributed by atoms with E-state index in [1.54, 1.807) is 13.4 Å². The fraction of sp³-hybridized carbons (Fsp3) is 0.500. The van der Waals surface area contributed by atoms with E-state index < -0.39 is 0 Å². The third kappa shape index (κ3) is 7.69. The standard InChI is InChI=1S/C18H28N6O.HI/c1-3-4-12-25-13-8-11-20-18(19-2)21-14-17-23-22-15-24(17)16-9-6-5-7-10-16;/h5-7,9-10,15H,3-4,8,11-14H2,1-2H3,(H2,19,20,21);1H. The van der Waals surface area contributed by atoms with Gasteiger partial charge in [-0.15, -0.1) is 34.2 Å². The van der Waals surface area contributed by atoms with Crippen molar-refractivity contribution in [3.05, 3.63) is 42.5 Å². The molecule has 0 unspecified atom stereocenters. The van der Waals surface area contributed by atoms with E-state index in [1.165, 1.54) is 6.42 Å². The van der Waals surface area contributed by atoms with Gasteiger partial charge in [-0.2, -0.15) is 0 Å². The van der Waals surface area contributed by atoms with Crippen molar-refractivity contribution in [3.8, 4) is 5.69 Å². The Bertz CT molecular complexity index is 632. The Kier molecular flexibility index (Phi) is 11.6. The molecule has 0 fully saturated rings. The van der Waals surface area contributed by atoms with Crippen molar-refractivity contribution >= 4 is 29.9 Å². The summed E-state index contributed by atoms with van der Waals surface area (Å²) in [4.78, 5) is 4.23. The van der Waals surface area contributed by atoms with Gasteiger partial charge in [-0.05, 0) is 25.0 Å². The predicted octanol–water partition coefficient (Wildman–Crippen LogP) is 2.76. The molecule has 0 saturated carbocycles. The molecule has 0 aliphatic carbocycles. The zero-order chi connectivity index (χ0) is 17.7. The molecule has 0 aliphatic rings. The molecule has 144 valence electrons. The van der Waals surface area contributed by atoms with E-state index in [1.807, 2.05) is 34.9 Å². The highest BCUT2D eigenvalue weighted by atomic mass is 127. The maximum atomic E-state index is 5.55. The molecule has 8 heteroatoms. The van der Waals surface area contributed by atoms with Gasteiger partial charge >= 0.3 is 0 Å². The highest BCUT2D eigenvalue weighted by Gasteiger charge is 2.07. The van der Waals surface area contributed by atoms with Gasteiger partial charge in [-0.1, -0.05) is 31.5 Å². The molecule has 0 spiro atoms. The summed E-state index contributed by atoms with van der Waals surface area (Å²) in [7, 11) is 1.76. The number of guanidine groups is 1. The van der Waals surface area contributed by atoms with Crippen LogP contribution in [-0.4, -0.2) is 47.5 Å². The average molecular weight is 472 g/mol. The first-order valence-corrected chi connectivity index (χ1v) is 8.81. The molecule has 1 heterocycles. The topological polar surface area (TPSA) is 76.4 Å². The molecule has 0 amide bonds. The lowest BCUT2D eigenvalue weighted by Gasteiger charge is -2.12. The van der Waals surface area contributed by atoms with Gasteiger partial charge in [0.2, 0.25) is 0 Å². The SMILES string of the molecule is CCCCOCCCNC(=NC)NCc1nncn1-c1ccccc1.I. The minimum Gasteiger partial charge on any atom is -0.381 e. The highest BCUT2D eigenvalue weighted by Crippen LogP contribution is 2.08. The Morgan fingerprint density at radius 1 is 1.15 bits per heavy atom. The Balaban J connectivity index is 0.00000338. The van der Waals surface area contributed by atoms with E-state index in [4.69, 9.17) is 4.74 Å². The van der Waals surface area contributed by atoms with Crippen molar-refractivity contribution in [1.29, 1.82) is 0 Å². The Morgan fingerprint density at radius 3 is 2.65 bits per heavy atom. The molecule has 2 aromatic rings. The maximum Gasteiger partial charge on any atom is 0.191 e. The van der Waals surface area contributed by atoms with Crippen molar-refractivity contribution < 1.29 is 4.74 Å². The Labute approximate surface area is 172 Å². The lowest BCUT2D eigenvalue weighted by Crippen LogP contribution is -2.38. The average Bonchev–Trinajstić information content (AvgIpc) is 3.13. The zero-order valence-corrected chi connectivity index (χ0v) is 17.8. The van der Waals surface area contributed by atoms with Gasteiger partial charge in [0.25, 0.3) is 0 Å². The summed E-state index contributed by atoms with van der Waals surface area (Å²) in [6.07, 6.45) is 4.96. The van der Waals surface area contributed by atoms with Crippen LogP contribution in [0, 0.1) is 0 Å². The number of benzene rings is 1. The minimum absolute atomic E-state index is 0. The van der Waals surface area contributed by atoms with Crippen molar-refractivity contribution in [3.63, 3.8) is 0 Å². The smallest absolute Gasteiger partial charge is 0.191 e. The fourth-order valence-electron chi connectivity index (χ4n) is 2.30. The second-order valence-electron chi connectivity index (χ2n) is 5.62. The van der Waals surface area contributed by atoms with E-state index >= 15 is 0 Å². The number of nitrogens with zero attached hydrogens (tertiary/aromatic N) is 4. The van der Waals surface area contributed by atoms with Crippen molar-refractivity contribution in [2.75, 3.05) is 26.8 Å². The van der Waals surface area contributed by atoms with Gasteiger partial charge in [0.1, 0.15) is 6.33 Å². The summed E-state index contributed by atoms with van der Waals surface area (Å²) < 4.78 is 7.51. The van der Waals surface area contributed by atoms with Crippen molar-refractivity contribution in [2.24, 2.45) is 4.99 Å². The van der Waals surface area contributed by atoms with E-state index in [9.17, 15) is 0 Å². The van der Waals surface area contributed by atoms with Gasteiger partial charge in [0.05, 0.1) is 6.54 Å². The summed E-state index contributed by atoms with van der Waals surface area (Å²) >= 11 is 0. The van der Waals surface area contributed by atoms with Crippen LogP contribution in [0.1, 0.15) is 32.0 Å². The molecule has 2 N–H and O–H groups in total. The molecule has 0 radical (unpaired) electrons. The zero-order valence-electron chi connectivity index (χ0n) is 15.5. The van der Waals surface area contributed by atoms with Crippen LogP contribution in [0.2, 0.25) is 0 Å². The summed E-state index contributed by atoms with van der Waals surface area (Å²) in [6, 6.07) is 10.0. The number of para-hydroxylation sites is 1. The van der Waals surface area contributed by atoms with E-state index in [0.29, 0.717) is 6.54 Å². The van der Waals surface area contributed by atoms with Crippen LogP contribution in [0.25, 0.3) is 5.69 Å². The minimum atomic E-state index is 0. The second-order valence-corrected chi connectivity index (χ2v) is 5.62. The van der Waals surface area contributed by atoms with Crippen LogP contribution in [0.5, 0.6) is 0 Å². The number of aliphatic imine (C=N–C) groups is 1. The molecular formula is C18H29IN6O. The van der Waals surface area contributed by atoms with E-state index in [2.05, 4.69) is 32.7 Å². The molecule has 26 heavy (non-hydrogen) atoms. The molecule has 0 atom stereocenters. The third-order valence-corrected chi connectivity index (χ3v) is 3.69. The Morgan fingerprint density at radius 2 is 1.92 bits per heavy atom. The molecule has 2 rings (SSSR count). The summed E-state index contributed by atoms with van der Waals surface area (Å²) in [5.41, 5.74) is 1.04. The number of ether oxygens (including phenoxy) is 1. The molecule has 7 nitrogen and oxygen atoms in total. The quantitative estimate of drug-likeness (QED) is 0.241. The molecule has 0 saturated heterocycles. The summed E-state index contributed by atoms with van der Waals surface area (Å²) in [5.74, 6) is 1.58. The second kappa shape index (κ2) is 13.5. The van der Waals surface area contributed by atoms with Gasteiger partial charge in [-0.3, -0.25) is 9.56 Å². The number of halogens is 1. The Hall–Kier alpha value is -1.68. The lowest BCUT2D eigenvalue weighted by atomic mass is 10.3. The number of rotatable bonds is 10. The first kappa shape index (κ1) is 22.4. The maximum absolute atomic E-state index is 5.55. The van der Waals surface area contributed by atoms with Crippen LogP contribution in [-0.2, 0) is 11.3 Å². The van der Waals surface area contributed by atoms with Gasteiger partial charge in [-0.25, -0.2) is 0 Å². The van der Waals surface area contributed by atoms with Gasteiger partial charge in [0.15, 0.2) is 11.8 Å². The number of hydrogen-bond acceptors (Lipinski definition) is 4. The number of nitrogens with one attached hydrogen (secondary N) is 2. The number of unbranched alkanes of at least 4 members (excludes halogenated alkanes) is 1.